The van der Waals surface area contributed by atoms with Gasteiger partial charge in [-0.25, -0.2) is 8.42 Å². The molecule has 0 spiro atoms. The minimum absolute atomic E-state index is 0. The predicted octanol–water partition coefficient (Wildman–Crippen LogP) is -3.04. The molecule has 0 aliphatic carbocycles. The Morgan fingerprint density at radius 1 is 1.64 bits per heavy atom. The summed E-state index contributed by atoms with van der Waals surface area (Å²) in [6.07, 6.45) is 1.54. The Bertz CT molecular complexity index is 288. The van der Waals surface area contributed by atoms with Crippen LogP contribution in [0.4, 0.5) is 0 Å². The van der Waals surface area contributed by atoms with E-state index < -0.39 is 21.4 Å². The first kappa shape index (κ1) is 16.5. The molecule has 1 N–H and O–H groups in total. The largest absolute Gasteiger partial charge is 1.00 e. The maximum absolute atomic E-state index is 10.7. The van der Waals surface area contributed by atoms with E-state index in [1.54, 1.807) is 6.92 Å². The Morgan fingerprint density at radius 2 is 2.14 bits per heavy atom. The van der Waals surface area contributed by atoms with E-state index in [1.165, 1.54) is 0 Å². The number of rotatable bonds is 5. The van der Waals surface area contributed by atoms with Gasteiger partial charge in [-0.15, -0.1) is 0 Å². The van der Waals surface area contributed by atoms with Crippen molar-refractivity contribution >= 4 is 16.0 Å². The standard InChI is InChI=1S/C7H13NO4S.Na/c1-3-5-7(13(10,11)12)8-6(9)4-2;/h4,7H,2-3,5H2,1H3,(H,8,9)(H,10,11,12);/q;+1/p-1. The van der Waals surface area contributed by atoms with Crippen LogP contribution in [0.5, 0.6) is 0 Å². The number of carbonyl (C=O) groups is 1. The third-order valence-electron chi connectivity index (χ3n) is 1.39. The fourth-order valence-electron chi connectivity index (χ4n) is 0.768. The van der Waals surface area contributed by atoms with Gasteiger partial charge in [0, 0.05) is 0 Å². The molecule has 1 unspecified atom stereocenters. The molecule has 0 heterocycles. The molecule has 76 valence electrons. The summed E-state index contributed by atoms with van der Waals surface area (Å²) in [5.74, 6) is -0.655. The molecule has 0 aromatic carbocycles. The first-order valence-electron chi connectivity index (χ1n) is 3.79. The molecule has 0 aromatic rings. The van der Waals surface area contributed by atoms with Gasteiger partial charge in [-0.3, -0.25) is 4.79 Å². The second kappa shape index (κ2) is 7.42. The summed E-state index contributed by atoms with van der Waals surface area (Å²) in [4.78, 5) is 10.7. The van der Waals surface area contributed by atoms with Crippen molar-refractivity contribution in [1.29, 1.82) is 0 Å². The minimum Gasteiger partial charge on any atom is -0.746 e. The Kier molecular flexibility index (Phi) is 8.77. The van der Waals surface area contributed by atoms with Gasteiger partial charge < -0.3 is 9.87 Å². The number of hydrogen-bond acceptors (Lipinski definition) is 4. The van der Waals surface area contributed by atoms with E-state index in [9.17, 15) is 17.8 Å². The smallest absolute Gasteiger partial charge is 0.746 e. The van der Waals surface area contributed by atoms with Crippen LogP contribution in [0.25, 0.3) is 0 Å². The van der Waals surface area contributed by atoms with E-state index in [2.05, 4.69) is 11.9 Å². The third-order valence-corrected chi connectivity index (χ3v) is 2.44. The van der Waals surface area contributed by atoms with Crippen LogP contribution >= 0.6 is 0 Å². The van der Waals surface area contributed by atoms with Gasteiger partial charge in [0.25, 0.3) is 0 Å². The molecule has 7 heteroatoms. The Morgan fingerprint density at radius 3 is 2.43 bits per heavy atom. The number of amides is 1. The fourth-order valence-corrected chi connectivity index (χ4v) is 1.55. The summed E-state index contributed by atoms with van der Waals surface area (Å²) in [6, 6.07) is 0. The van der Waals surface area contributed by atoms with E-state index >= 15 is 0 Å². The molecule has 0 bridgehead atoms. The summed E-state index contributed by atoms with van der Waals surface area (Å²) >= 11 is 0. The molecule has 14 heavy (non-hydrogen) atoms. The van der Waals surface area contributed by atoms with Crippen molar-refractivity contribution in [2.45, 2.75) is 25.1 Å². The van der Waals surface area contributed by atoms with Crippen molar-refractivity contribution in [3.8, 4) is 0 Å². The molecule has 0 aliphatic rings. The van der Waals surface area contributed by atoms with Crippen LogP contribution in [-0.4, -0.2) is 24.3 Å². The SMILES string of the molecule is C=CC(=O)NC(CCC)S(=O)(=O)[O-].[Na+]. The first-order valence-corrected chi connectivity index (χ1v) is 5.26. The Labute approximate surface area is 106 Å². The quantitative estimate of drug-likeness (QED) is 0.308. The van der Waals surface area contributed by atoms with Crippen molar-refractivity contribution in [2.24, 2.45) is 0 Å². The van der Waals surface area contributed by atoms with Crippen LogP contribution in [0.15, 0.2) is 12.7 Å². The van der Waals surface area contributed by atoms with Gasteiger partial charge in [0.2, 0.25) is 5.91 Å². The molecular weight excluding hydrogens is 217 g/mol. The molecule has 0 saturated carbocycles. The average molecular weight is 229 g/mol. The van der Waals surface area contributed by atoms with Gasteiger partial charge in [-0.2, -0.15) is 0 Å². The third kappa shape index (κ3) is 6.56. The van der Waals surface area contributed by atoms with Crippen LogP contribution in [-0.2, 0) is 14.9 Å². The summed E-state index contributed by atoms with van der Waals surface area (Å²) in [5, 5.41) is 0.706. The fraction of sp³-hybridized carbons (Fsp3) is 0.571. The van der Waals surface area contributed by atoms with Gasteiger partial charge in [-0.1, -0.05) is 19.9 Å². The van der Waals surface area contributed by atoms with Gasteiger partial charge in [0.1, 0.15) is 15.5 Å². The van der Waals surface area contributed by atoms with Gasteiger partial charge in [0.05, 0.1) is 0 Å². The topological polar surface area (TPSA) is 86.3 Å². The van der Waals surface area contributed by atoms with Crippen LogP contribution in [0.2, 0.25) is 0 Å². The molecule has 0 aromatic heterocycles. The van der Waals surface area contributed by atoms with Crippen molar-refractivity contribution in [3.63, 3.8) is 0 Å². The van der Waals surface area contributed by atoms with Gasteiger partial charge in [0.15, 0.2) is 0 Å². The summed E-state index contributed by atoms with van der Waals surface area (Å²) in [7, 11) is -4.46. The molecule has 1 atom stereocenters. The Hall–Kier alpha value is 0.120. The Balaban J connectivity index is 0. The van der Waals surface area contributed by atoms with E-state index in [0.717, 1.165) is 6.08 Å². The summed E-state index contributed by atoms with van der Waals surface area (Å²) in [5.41, 5.74) is 0. The summed E-state index contributed by atoms with van der Waals surface area (Å²) < 4.78 is 31.7. The van der Waals surface area contributed by atoms with Crippen LogP contribution in [0.1, 0.15) is 19.8 Å². The normalized spacial score (nSPS) is 12.4. The van der Waals surface area contributed by atoms with Crippen LogP contribution < -0.4 is 34.9 Å². The first-order chi connectivity index (χ1) is 5.91. The second-order valence-corrected chi connectivity index (χ2v) is 4.04. The molecule has 5 nitrogen and oxygen atoms in total. The van der Waals surface area contributed by atoms with E-state index in [4.69, 9.17) is 0 Å². The maximum atomic E-state index is 10.7. The molecule has 0 fully saturated rings. The van der Waals surface area contributed by atoms with Crippen molar-refractivity contribution in [3.05, 3.63) is 12.7 Å². The number of nitrogens with one attached hydrogen (secondary N) is 1. The zero-order valence-electron chi connectivity index (χ0n) is 8.32. The maximum Gasteiger partial charge on any atom is 1.00 e. The molecular formula is C7H12NNaO4S. The van der Waals surface area contributed by atoms with E-state index in [0.29, 0.717) is 6.42 Å². The summed E-state index contributed by atoms with van der Waals surface area (Å²) in [6.45, 7) is 4.87. The minimum atomic E-state index is -4.46. The van der Waals surface area contributed by atoms with E-state index in [1.807, 2.05) is 0 Å². The predicted molar refractivity (Wildman–Crippen MR) is 46.7 cm³/mol. The molecule has 0 saturated heterocycles. The van der Waals surface area contributed by atoms with Crippen LogP contribution in [0, 0.1) is 0 Å². The zero-order valence-corrected chi connectivity index (χ0v) is 11.1. The monoisotopic (exact) mass is 229 g/mol. The number of carbonyl (C=O) groups excluding carboxylic acids is 1. The molecule has 0 aliphatic heterocycles. The van der Waals surface area contributed by atoms with Crippen molar-refractivity contribution in [1.82, 2.24) is 5.32 Å². The van der Waals surface area contributed by atoms with Crippen LogP contribution in [0.3, 0.4) is 0 Å². The molecule has 0 radical (unpaired) electrons. The van der Waals surface area contributed by atoms with Crippen molar-refractivity contribution < 1.29 is 47.3 Å². The van der Waals surface area contributed by atoms with Gasteiger partial charge >= 0.3 is 29.6 Å². The zero-order chi connectivity index (χ0) is 10.5. The van der Waals surface area contributed by atoms with Gasteiger partial charge in [-0.05, 0) is 12.5 Å². The van der Waals surface area contributed by atoms with Crippen molar-refractivity contribution in [2.75, 3.05) is 0 Å². The molecule has 0 rings (SSSR count). The molecule has 1 amide bonds. The average Bonchev–Trinajstić information content (AvgIpc) is 2.01. The number of hydrogen-bond donors (Lipinski definition) is 1. The second-order valence-electron chi connectivity index (χ2n) is 2.48. The van der Waals surface area contributed by atoms with E-state index in [-0.39, 0.29) is 36.0 Å².